The Morgan fingerprint density at radius 1 is 1.54 bits per heavy atom. The van der Waals surface area contributed by atoms with E-state index in [0.29, 0.717) is 0 Å². The van der Waals surface area contributed by atoms with Gasteiger partial charge in [0, 0.05) is 11.8 Å². The number of terminal acetylenes is 1. The quantitative estimate of drug-likeness (QED) is 0.484. The van der Waals surface area contributed by atoms with Crippen LogP contribution in [0, 0.1) is 17.8 Å². The van der Waals surface area contributed by atoms with E-state index in [2.05, 4.69) is 10.7 Å². The van der Waals surface area contributed by atoms with Crippen LogP contribution in [0.2, 0.25) is 0 Å². The van der Waals surface area contributed by atoms with Crippen molar-refractivity contribution in [3.05, 3.63) is 0 Å². The zero-order valence-corrected chi connectivity index (χ0v) is 8.22. The predicted molar refractivity (Wildman–Crippen MR) is 48.9 cm³/mol. The van der Waals surface area contributed by atoms with E-state index < -0.39 is 11.4 Å². The Hall–Kier alpha value is -1.30. The summed E-state index contributed by atoms with van der Waals surface area (Å²) in [6.07, 6.45) is 5.42. The number of hydrogen-bond donors (Lipinski definition) is 0. The van der Waals surface area contributed by atoms with Gasteiger partial charge < -0.3 is 4.74 Å². The molecular formula is C10H14O3. The number of hydrogen-bond acceptors (Lipinski definition) is 3. The van der Waals surface area contributed by atoms with Crippen LogP contribution >= 0.6 is 0 Å². The highest BCUT2D eigenvalue weighted by Crippen LogP contribution is 2.26. The minimum Gasteiger partial charge on any atom is -0.469 e. The lowest BCUT2D eigenvalue weighted by Gasteiger charge is -2.22. The second-order valence-electron chi connectivity index (χ2n) is 3.25. The van der Waals surface area contributed by atoms with Crippen LogP contribution in [0.3, 0.4) is 0 Å². The molecule has 1 atom stereocenters. The van der Waals surface area contributed by atoms with Crippen molar-refractivity contribution in [2.75, 3.05) is 7.11 Å². The molecule has 3 nitrogen and oxygen atoms in total. The molecule has 0 saturated heterocycles. The van der Waals surface area contributed by atoms with Crippen LogP contribution < -0.4 is 0 Å². The average molecular weight is 182 g/mol. The van der Waals surface area contributed by atoms with Gasteiger partial charge in [-0.25, -0.2) is 0 Å². The Balaban J connectivity index is 4.52. The summed E-state index contributed by atoms with van der Waals surface area (Å²) in [6.45, 7) is 3.10. The zero-order valence-electron chi connectivity index (χ0n) is 8.22. The van der Waals surface area contributed by atoms with Gasteiger partial charge in [-0.2, -0.15) is 0 Å². The molecule has 0 heterocycles. The standard InChI is InChI=1S/C10H14O3/c1-5-6-10(3,8(2)11)7-9(12)13-4/h1H,6-7H2,2-4H3. The molecule has 0 aliphatic rings. The summed E-state index contributed by atoms with van der Waals surface area (Å²) in [5, 5.41) is 0. The fraction of sp³-hybridized carbons (Fsp3) is 0.600. The SMILES string of the molecule is C#CCC(C)(CC(=O)OC)C(C)=O. The highest BCUT2D eigenvalue weighted by Gasteiger charge is 2.32. The smallest absolute Gasteiger partial charge is 0.306 e. The number of rotatable bonds is 4. The summed E-state index contributed by atoms with van der Waals surface area (Å²) >= 11 is 0. The lowest BCUT2D eigenvalue weighted by atomic mass is 9.80. The van der Waals surface area contributed by atoms with Gasteiger partial charge in [-0.3, -0.25) is 9.59 Å². The molecule has 0 N–H and O–H groups in total. The second-order valence-corrected chi connectivity index (χ2v) is 3.25. The summed E-state index contributed by atoms with van der Waals surface area (Å²) in [4.78, 5) is 22.2. The Labute approximate surface area is 78.5 Å². The summed E-state index contributed by atoms with van der Waals surface area (Å²) < 4.78 is 4.48. The summed E-state index contributed by atoms with van der Waals surface area (Å²) in [5.41, 5.74) is -0.776. The zero-order chi connectivity index (χ0) is 10.5. The maximum Gasteiger partial charge on any atom is 0.306 e. The van der Waals surface area contributed by atoms with Gasteiger partial charge in [0.25, 0.3) is 0 Å². The van der Waals surface area contributed by atoms with E-state index in [1.54, 1.807) is 6.92 Å². The molecule has 0 bridgehead atoms. The van der Waals surface area contributed by atoms with Crippen LogP contribution in [0.15, 0.2) is 0 Å². The monoisotopic (exact) mass is 182 g/mol. The van der Waals surface area contributed by atoms with Crippen LogP contribution in [-0.4, -0.2) is 18.9 Å². The molecule has 0 aliphatic heterocycles. The van der Waals surface area contributed by atoms with E-state index in [4.69, 9.17) is 6.42 Å². The molecule has 0 rings (SSSR count). The van der Waals surface area contributed by atoms with Gasteiger partial charge in [-0.1, -0.05) is 6.92 Å². The first kappa shape index (κ1) is 11.7. The molecule has 0 aromatic carbocycles. The number of methoxy groups -OCH3 is 1. The molecule has 0 amide bonds. The Morgan fingerprint density at radius 3 is 2.38 bits per heavy atom. The van der Waals surface area contributed by atoms with Crippen molar-refractivity contribution >= 4 is 11.8 Å². The van der Waals surface area contributed by atoms with Crippen LogP contribution in [-0.2, 0) is 14.3 Å². The van der Waals surface area contributed by atoms with Crippen molar-refractivity contribution in [2.24, 2.45) is 5.41 Å². The molecule has 1 unspecified atom stereocenters. The molecule has 0 fully saturated rings. The summed E-state index contributed by atoms with van der Waals surface area (Å²) in [5.74, 6) is 1.89. The van der Waals surface area contributed by atoms with Gasteiger partial charge in [0.05, 0.1) is 13.5 Å². The molecule has 0 aromatic rings. The maximum absolute atomic E-state index is 11.2. The summed E-state index contributed by atoms with van der Waals surface area (Å²) in [7, 11) is 1.29. The minimum absolute atomic E-state index is 0.0447. The Kier molecular flexibility index (Phi) is 4.19. The van der Waals surface area contributed by atoms with E-state index in [1.807, 2.05) is 0 Å². The first-order valence-electron chi connectivity index (χ1n) is 3.97. The molecule has 3 heteroatoms. The van der Waals surface area contributed by atoms with Gasteiger partial charge in [0.2, 0.25) is 0 Å². The Morgan fingerprint density at radius 2 is 2.08 bits per heavy atom. The summed E-state index contributed by atoms with van der Waals surface area (Å²) in [6, 6.07) is 0. The Bertz CT molecular complexity index is 249. The van der Waals surface area contributed by atoms with Crippen molar-refractivity contribution in [3.8, 4) is 12.3 Å². The molecule has 0 radical (unpaired) electrons. The van der Waals surface area contributed by atoms with Gasteiger partial charge in [-0.05, 0) is 6.92 Å². The largest absolute Gasteiger partial charge is 0.469 e. The number of ketones is 1. The maximum atomic E-state index is 11.2. The van der Waals surface area contributed by atoms with Crippen LogP contribution in [0.5, 0.6) is 0 Å². The van der Waals surface area contributed by atoms with Crippen molar-refractivity contribution in [2.45, 2.75) is 26.7 Å². The van der Waals surface area contributed by atoms with Gasteiger partial charge >= 0.3 is 5.97 Å². The van der Waals surface area contributed by atoms with Crippen LogP contribution in [0.25, 0.3) is 0 Å². The van der Waals surface area contributed by atoms with E-state index in [9.17, 15) is 9.59 Å². The normalized spacial score (nSPS) is 14.0. The number of carbonyl (C=O) groups excluding carboxylic acids is 2. The lowest BCUT2D eigenvalue weighted by Crippen LogP contribution is -2.28. The molecule has 0 saturated carbocycles. The van der Waals surface area contributed by atoms with Crippen molar-refractivity contribution in [3.63, 3.8) is 0 Å². The van der Waals surface area contributed by atoms with Crippen LogP contribution in [0.1, 0.15) is 26.7 Å². The lowest BCUT2D eigenvalue weighted by molar-refractivity contribution is -0.146. The van der Waals surface area contributed by atoms with Crippen molar-refractivity contribution < 1.29 is 14.3 Å². The molecule has 0 spiro atoms. The molecular weight excluding hydrogens is 168 g/mol. The molecule has 13 heavy (non-hydrogen) atoms. The molecule has 0 aliphatic carbocycles. The van der Waals surface area contributed by atoms with Gasteiger partial charge in [-0.15, -0.1) is 12.3 Å². The molecule has 0 aromatic heterocycles. The fourth-order valence-corrected chi connectivity index (χ4v) is 0.927. The number of Topliss-reactive ketones (excluding diaryl/α,β-unsaturated/α-hetero) is 1. The highest BCUT2D eigenvalue weighted by molar-refractivity contribution is 5.87. The van der Waals surface area contributed by atoms with Crippen molar-refractivity contribution in [1.29, 1.82) is 0 Å². The third-order valence-electron chi connectivity index (χ3n) is 2.10. The predicted octanol–water partition coefficient (Wildman–Crippen LogP) is 1.17. The van der Waals surface area contributed by atoms with Crippen LogP contribution in [0.4, 0.5) is 0 Å². The van der Waals surface area contributed by atoms with E-state index in [1.165, 1.54) is 14.0 Å². The number of esters is 1. The van der Waals surface area contributed by atoms with Gasteiger partial charge in [0.15, 0.2) is 0 Å². The van der Waals surface area contributed by atoms with Crippen molar-refractivity contribution in [1.82, 2.24) is 0 Å². The number of carbonyl (C=O) groups is 2. The minimum atomic E-state index is -0.776. The van der Waals surface area contributed by atoms with E-state index >= 15 is 0 Å². The number of ether oxygens (including phenoxy) is 1. The van der Waals surface area contributed by atoms with E-state index in [0.717, 1.165) is 0 Å². The first-order chi connectivity index (χ1) is 5.96. The molecule has 72 valence electrons. The second kappa shape index (κ2) is 4.66. The average Bonchev–Trinajstić information content (AvgIpc) is 2.04. The first-order valence-corrected chi connectivity index (χ1v) is 3.97. The van der Waals surface area contributed by atoms with E-state index in [-0.39, 0.29) is 18.6 Å². The highest BCUT2D eigenvalue weighted by atomic mass is 16.5. The van der Waals surface area contributed by atoms with Gasteiger partial charge in [0.1, 0.15) is 5.78 Å². The third-order valence-corrected chi connectivity index (χ3v) is 2.10. The topological polar surface area (TPSA) is 43.4 Å². The third kappa shape index (κ3) is 3.29. The fourth-order valence-electron chi connectivity index (χ4n) is 0.927.